The zero-order chi connectivity index (χ0) is 23.5. The molecule has 0 saturated carbocycles. The van der Waals surface area contributed by atoms with E-state index in [2.05, 4.69) is 4.90 Å². The van der Waals surface area contributed by atoms with Gasteiger partial charge in [0.1, 0.15) is 0 Å². The number of carbonyl (C=O) groups excluding carboxylic acids is 1. The van der Waals surface area contributed by atoms with Gasteiger partial charge in [0.25, 0.3) is 5.91 Å². The molecule has 1 aromatic carbocycles. The monoisotopic (exact) mass is 452 g/mol. The van der Waals surface area contributed by atoms with E-state index in [0.717, 1.165) is 30.6 Å². The average Bonchev–Trinajstić information content (AvgIpc) is 3.35. The van der Waals surface area contributed by atoms with Gasteiger partial charge in [0, 0.05) is 31.3 Å². The lowest BCUT2D eigenvalue weighted by molar-refractivity contribution is -0.192. The van der Waals surface area contributed by atoms with Gasteiger partial charge in [-0.2, -0.15) is 18.3 Å². The van der Waals surface area contributed by atoms with Gasteiger partial charge < -0.3 is 10.0 Å². The van der Waals surface area contributed by atoms with Crippen molar-refractivity contribution in [2.24, 2.45) is 7.05 Å². The summed E-state index contributed by atoms with van der Waals surface area (Å²) in [6, 6.07) is 7.86. The molecule has 0 bridgehead atoms. The minimum Gasteiger partial charge on any atom is -0.475 e. The predicted molar refractivity (Wildman–Crippen MR) is 111 cm³/mol. The van der Waals surface area contributed by atoms with Crippen molar-refractivity contribution in [1.82, 2.24) is 19.6 Å². The summed E-state index contributed by atoms with van der Waals surface area (Å²) in [4.78, 5) is 26.2. The molecule has 0 aliphatic carbocycles. The molecule has 0 spiro atoms. The number of carbonyl (C=O) groups is 2. The second kappa shape index (κ2) is 9.72. The molecule has 4 rings (SSSR count). The highest BCUT2D eigenvalue weighted by Crippen LogP contribution is 2.25. The first kappa shape index (κ1) is 23.8. The highest BCUT2D eigenvalue weighted by atomic mass is 19.4. The standard InChI is InChI=1S/C20H26N4O.C2HF3O2/c1-15-6-5-7-16(12-15)20(25)24-11-8-17-18(13-23-9-3-4-10-23)21-22(2)19(17)14-24;3-2(4,5)1(6)7/h5-7,12H,3-4,8-11,13-14H2,1-2H3;(H,6,7). The highest BCUT2D eigenvalue weighted by molar-refractivity contribution is 5.94. The molecule has 0 unspecified atom stereocenters. The number of rotatable bonds is 3. The van der Waals surface area contributed by atoms with Crippen LogP contribution in [0.15, 0.2) is 24.3 Å². The molecule has 1 amide bonds. The molecule has 2 aliphatic heterocycles. The van der Waals surface area contributed by atoms with E-state index in [0.29, 0.717) is 6.54 Å². The topological polar surface area (TPSA) is 78.7 Å². The van der Waals surface area contributed by atoms with Crippen molar-refractivity contribution in [2.45, 2.75) is 45.5 Å². The van der Waals surface area contributed by atoms with Crippen LogP contribution in [0.1, 0.15) is 45.7 Å². The largest absolute Gasteiger partial charge is 0.490 e. The zero-order valence-corrected chi connectivity index (χ0v) is 18.2. The van der Waals surface area contributed by atoms with Gasteiger partial charge in [-0.1, -0.05) is 17.7 Å². The number of amides is 1. The first-order valence-electron chi connectivity index (χ1n) is 10.5. The fraction of sp³-hybridized carbons (Fsp3) is 0.500. The highest BCUT2D eigenvalue weighted by Gasteiger charge is 2.38. The van der Waals surface area contributed by atoms with Gasteiger partial charge in [-0.3, -0.25) is 14.4 Å². The lowest BCUT2D eigenvalue weighted by atomic mass is 10.0. The summed E-state index contributed by atoms with van der Waals surface area (Å²) in [6.07, 6.45) is -1.58. The Morgan fingerprint density at radius 2 is 1.81 bits per heavy atom. The molecule has 1 N–H and O–H groups in total. The summed E-state index contributed by atoms with van der Waals surface area (Å²) in [5.74, 6) is -2.64. The van der Waals surface area contributed by atoms with E-state index in [9.17, 15) is 18.0 Å². The SMILES string of the molecule is Cc1cccc(C(=O)N2CCc3c(CN4CCCC4)nn(C)c3C2)c1.O=C(O)C(F)(F)F. The molecule has 1 aromatic heterocycles. The third-order valence-corrected chi connectivity index (χ3v) is 5.70. The Bertz CT molecular complexity index is 981. The quantitative estimate of drug-likeness (QED) is 0.774. The maximum absolute atomic E-state index is 12.8. The molecule has 1 fully saturated rings. The first-order valence-corrected chi connectivity index (χ1v) is 10.5. The van der Waals surface area contributed by atoms with Crippen LogP contribution in [0, 0.1) is 6.92 Å². The van der Waals surface area contributed by atoms with E-state index in [4.69, 9.17) is 15.0 Å². The first-order chi connectivity index (χ1) is 15.1. The molecule has 1 saturated heterocycles. The molecular weight excluding hydrogens is 425 g/mol. The number of fused-ring (bicyclic) bond motifs is 1. The maximum Gasteiger partial charge on any atom is 0.490 e. The number of halogens is 3. The molecular formula is C22H27F3N4O3. The Labute approximate surface area is 184 Å². The Kier molecular flexibility index (Phi) is 7.22. The van der Waals surface area contributed by atoms with Crippen LogP contribution in [0.5, 0.6) is 0 Å². The van der Waals surface area contributed by atoms with Crippen LogP contribution in [0.2, 0.25) is 0 Å². The van der Waals surface area contributed by atoms with E-state index in [1.807, 2.05) is 47.8 Å². The summed E-state index contributed by atoms with van der Waals surface area (Å²) < 4.78 is 33.7. The second-order valence-corrected chi connectivity index (χ2v) is 8.13. The van der Waals surface area contributed by atoms with E-state index in [1.165, 1.54) is 42.9 Å². The van der Waals surface area contributed by atoms with Crippen LogP contribution in [0.4, 0.5) is 13.2 Å². The Hall–Kier alpha value is -2.88. The van der Waals surface area contributed by atoms with Gasteiger partial charge in [0.15, 0.2) is 0 Å². The number of aromatic nitrogens is 2. The molecule has 2 aliphatic rings. The number of carboxylic acids is 1. The number of hydrogen-bond acceptors (Lipinski definition) is 4. The van der Waals surface area contributed by atoms with Crippen LogP contribution in [0.3, 0.4) is 0 Å². The third-order valence-electron chi connectivity index (χ3n) is 5.70. The lowest BCUT2D eigenvalue weighted by Crippen LogP contribution is -2.36. The molecule has 10 heteroatoms. The summed E-state index contributed by atoms with van der Waals surface area (Å²) >= 11 is 0. The van der Waals surface area contributed by atoms with Gasteiger partial charge in [0.05, 0.1) is 17.9 Å². The number of aliphatic carboxylic acids is 1. The van der Waals surface area contributed by atoms with Gasteiger partial charge in [-0.25, -0.2) is 4.79 Å². The zero-order valence-electron chi connectivity index (χ0n) is 18.2. The molecule has 7 nitrogen and oxygen atoms in total. The van der Waals surface area contributed by atoms with Crippen molar-refractivity contribution in [1.29, 1.82) is 0 Å². The molecule has 0 radical (unpaired) electrons. The molecule has 0 atom stereocenters. The normalized spacial score (nSPS) is 16.3. The fourth-order valence-electron chi connectivity index (χ4n) is 4.07. The van der Waals surface area contributed by atoms with E-state index in [-0.39, 0.29) is 5.91 Å². The predicted octanol–water partition coefficient (Wildman–Crippen LogP) is 3.16. The number of carboxylic acid groups (broad SMARTS) is 1. The van der Waals surface area contributed by atoms with Gasteiger partial charge in [0.2, 0.25) is 0 Å². The summed E-state index contributed by atoms with van der Waals surface area (Å²) in [5, 5.41) is 11.9. The van der Waals surface area contributed by atoms with Crippen LogP contribution in [0.25, 0.3) is 0 Å². The average molecular weight is 452 g/mol. The van der Waals surface area contributed by atoms with Crippen LogP contribution in [-0.2, 0) is 31.4 Å². The smallest absolute Gasteiger partial charge is 0.475 e. The van der Waals surface area contributed by atoms with Crippen LogP contribution < -0.4 is 0 Å². The van der Waals surface area contributed by atoms with Crippen molar-refractivity contribution in [3.63, 3.8) is 0 Å². The number of aryl methyl sites for hydroxylation is 2. The summed E-state index contributed by atoms with van der Waals surface area (Å²) in [5.41, 5.74) is 5.67. The number of alkyl halides is 3. The van der Waals surface area contributed by atoms with E-state index < -0.39 is 12.1 Å². The minimum atomic E-state index is -5.08. The van der Waals surface area contributed by atoms with Crippen molar-refractivity contribution < 1.29 is 27.9 Å². The number of nitrogens with zero attached hydrogens (tertiary/aromatic N) is 4. The lowest BCUT2D eigenvalue weighted by Gasteiger charge is -2.28. The summed E-state index contributed by atoms with van der Waals surface area (Å²) in [6.45, 7) is 6.78. The molecule has 2 aromatic rings. The van der Waals surface area contributed by atoms with Crippen LogP contribution >= 0.6 is 0 Å². The fourth-order valence-corrected chi connectivity index (χ4v) is 4.07. The summed E-state index contributed by atoms with van der Waals surface area (Å²) in [7, 11) is 2.01. The van der Waals surface area contributed by atoms with E-state index in [1.54, 1.807) is 0 Å². The minimum absolute atomic E-state index is 0.122. The maximum atomic E-state index is 12.8. The van der Waals surface area contributed by atoms with E-state index >= 15 is 0 Å². The van der Waals surface area contributed by atoms with Gasteiger partial charge >= 0.3 is 12.1 Å². The van der Waals surface area contributed by atoms with Crippen molar-refractivity contribution in [3.05, 3.63) is 52.3 Å². The second-order valence-electron chi connectivity index (χ2n) is 8.13. The molecule has 3 heterocycles. The third kappa shape index (κ3) is 5.67. The molecule has 174 valence electrons. The Morgan fingerprint density at radius 3 is 2.41 bits per heavy atom. The Balaban J connectivity index is 0.000000360. The van der Waals surface area contributed by atoms with Gasteiger partial charge in [-0.15, -0.1) is 0 Å². The van der Waals surface area contributed by atoms with Crippen molar-refractivity contribution >= 4 is 11.9 Å². The number of likely N-dealkylation sites (tertiary alicyclic amines) is 1. The number of benzene rings is 1. The number of hydrogen-bond donors (Lipinski definition) is 1. The van der Waals surface area contributed by atoms with Gasteiger partial charge in [-0.05, 0) is 51.4 Å². The van der Waals surface area contributed by atoms with Crippen LogP contribution in [-0.4, -0.2) is 62.4 Å². The van der Waals surface area contributed by atoms with Crippen molar-refractivity contribution in [2.75, 3.05) is 19.6 Å². The molecule has 32 heavy (non-hydrogen) atoms. The van der Waals surface area contributed by atoms with Crippen molar-refractivity contribution in [3.8, 4) is 0 Å². The Morgan fingerprint density at radius 1 is 1.16 bits per heavy atom.